The first kappa shape index (κ1) is 15.1. The number of nitro groups is 1. The molecule has 0 bridgehead atoms. The van der Waals surface area contributed by atoms with Gasteiger partial charge in [0.2, 0.25) is 0 Å². The van der Waals surface area contributed by atoms with E-state index in [4.69, 9.17) is 0 Å². The second-order valence-corrected chi connectivity index (χ2v) is 5.96. The summed E-state index contributed by atoms with van der Waals surface area (Å²) >= 11 is 0.931. The van der Waals surface area contributed by atoms with Gasteiger partial charge in [-0.25, -0.2) is 14.8 Å². The lowest BCUT2D eigenvalue weighted by atomic mass is 10.0. The van der Waals surface area contributed by atoms with Gasteiger partial charge in [0.05, 0.1) is 10.3 Å². The highest BCUT2D eigenvalue weighted by Crippen LogP contribution is 2.33. The van der Waals surface area contributed by atoms with Crippen LogP contribution in [-0.2, 0) is 4.79 Å². The zero-order valence-electron chi connectivity index (χ0n) is 11.4. The van der Waals surface area contributed by atoms with Crippen molar-refractivity contribution in [2.75, 3.05) is 5.32 Å². The third-order valence-electron chi connectivity index (χ3n) is 2.81. The number of carboxylic acid groups (broad SMARTS) is 1. The summed E-state index contributed by atoms with van der Waals surface area (Å²) in [6.07, 6.45) is 1.69. The molecule has 0 aliphatic heterocycles. The van der Waals surface area contributed by atoms with Crippen molar-refractivity contribution in [1.29, 1.82) is 0 Å². The molecule has 0 saturated carbocycles. The highest BCUT2D eigenvalue weighted by molar-refractivity contribution is 7.21. The Labute approximate surface area is 124 Å². The number of thiophene rings is 1. The number of carboxylic acids is 1. The normalized spacial score (nSPS) is 12.5. The molecule has 2 N–H and O–H groups in total. The molecule has 1 unspecified atom stereocenters. The first-order chi connectivity index (χ1) is 9.88. The first-order valence-electron chi connectivity index (χ1n) is 6.26. The highest BCUT2D eigenvalue weighted by atomic mass is 32.1. The summed E-state index contributed by atoms with van der Waals surface area (Å²) in [7, 11) is 0. The first-order valence-corrected chi connectivity index (χ1v) is 7.08. The number of aromatic nitrogens is 2. The van der Waals surface area contributed by atoms with E-state index in [0.29, 0.717) is 22.5 Å². The summed E-state index contributed by atoms with van der Waals surface area (Å²) in [6, 6.07) is 0.554. The SMILES string of the molecule is CC(C)CC(Nc1ncnc2sc([N+](=O)[O-])cc12)C(=O)O. The van der Waals surface area contributed by atoms with Crippen molar-refractivity contribution in [1.82, 2.24) is 9.97 Å². The molecule has 0 aliphatic rings. The number of nitrogens with zero attached hydrogens (tertiary/aromatic N) is 3. The van der Waals surface area contributed by atoms with Crippen LogP contribution in [0, 0.1) is 16.0 Å². The van der Waals surface area contributed by atoms with Crippen LogP contribution in [0.15, 0.2) is 12.4 Å². The molecule has 2 heterocycles. The fraction of sp³-hybridized carbons (Fsp3) is 0.417. The van der Waals surface area contributed by atoms with Crippen molar-refractivity contribution in [2.24, 2.45) is 5.92 Å². The Morgan fingerprint density at radius 2 is 2.24 bits per heavy atom. The number of nitrogens with one attached hydrogen (secondary N) is 1. The average Bonchev–Trinajstić information content (AvgIpc) is 2.82. The van der Waals surface area contributed by atoms with Gasteiger partial charge in [-0.05, 0) is 23.7 Å². The van der Waals surface area contributed by atoms with Gasteiger partial charge in [0.15, 0.2) is 0 Å². The molecule has 0 amide bonds. The number of carbonyl (C=O) groups is 1. The van der Waals surface area contributed by atoms with E-state index in [-0.39, 0.29) is 10.9 Å². The number of rotatable bonds is 6. The molecular formula is C12H14N4O4S. The summed E-state index contributed by atoms with van der Waals surface area (Å²) in [5.74, 6) is -0.495. The van der Waals surface area contributed by atoms with Gasteiger partial charge in [-0.3, -0.25) is 10.1 Å². The Kier molecular flexibility index (Phi) is 4.32. The van der Waals surface area contributed by atoms with Gasteiger partial charge in [-0.2, -0.15) is 0 Å². The molecule has 0 saturated heterocycles. The second-order valence-electron chi connectivity index (χ2n) is 4.95. The molecule has 112 valence electrons. The minimum Gasteiger partial charge on any atom is -0.480 e. The molecule has 1 atom stereocenters. The van der Waals surface area contributed by atoms with Gasteiger partial charge in [-0.1, -0.05) is 13.8 Å². The Balaban J connectivity index is 2.36. The molecule has 2 rings (SSSR count). The summed E-state index contributed by atoms with van der Waals surface area (Å²) in [6.45, 7) is 3.84. The maximum absolute atomic E-state index is 11.3. The number of hydrogen-bond acceptors (Lipinski definition) is 7. The average molecular weight is 310 g/mol. The number of anilines is 1. The van der Waals surface area contributed by atoms with Gasteiger partial charge in [-0.15, -0.1) is 0 Å². The van der Waals surface area contributed by atoms with E-state index in [1.54, 1.807) is 0 Å². The molecule has 0 spiro atoms. The second kappa shape index (κ2) is 6.00. The van der Waals surface area contributed by atoms with Crippen molar-refractivity contribution >= 4 is 38.3 Å². The monoisotopic (exact) mass is 310 g/mol. The van der Waals surface area contributed by atoms with Crippen molar-refractivity contribution in [3.63, 3.8) is 0 Å². The Hall–Kier alpha value is -2.29. The van der Waals surface area contributed by atoms with E-state index < -0.39 is 16.9 Å². The lowest BCUT2D eigenvalue weighted by Crippen LogP contribution is -2.31. The largest absolute Gasteiger partial charge is 0.480 e. The number of fused-ring (bicyclic) bond motifs is 1. The van der Waals surface area contributed by atoms with E-state index in [2.05, 4.69) is 15.3 Å². The predicted molar refractivity (Wildman–Crippen MR) is 78.6 cm³/mol. The fourth-order valence-corrected chi connectivity index (χ4v) is 2.72. The van der Waals surface area contributed by atoms with Crippen LogP contribution in [-0.4, -0.2) is 32.0 Å². The van der Waals surface area contributed by atoms with Crippen LogP contribution in [0.2, 0.25) is 0 Å². The van der Waals surface area contributed by atoms with Crippen LogP contribution in [0.1, 0.15) is 20.3 Å². The van der Waals surface area contributed by atoms with Crippen LogP contribution in [0.5, 0.6) is 0 Å². The van der Waals surface area contributed by atoms with Gasteiger partial charge in [0, 0.05) is 6.07 Å². The van der Waals surface area contributed by atoms with E-state index in [9.17, 15) is 20.0 Å². The minimum absolute atomic E-state index is 0.0516. The van der Waals surface area contributed by atoms with Gasteiger partial charge >= 0.3 is 11.0 Å². The van der Waals surface area contributed by atoms with E-state index >= 15 is 0 Å². The summed E-state index contributed by atoms with van der Waals surface area (Å²) in [4.78, 5) is 30.0. The summed E-state index contributed by atoms with van der Waals surface area (Å²) in [5, 5.41) is 23.3. The topological polar surface area (TPSA) is 118 Å². The molecule has 0 radical (unpaired) electrons. The third-order valence-corrected chi connectivity index (χ3v) is 3.81. The van der Waals surface area contributed by atoms with Crippen LogP contribution >= 0.6 is 11.3 Å². The van der Waals surface area contributed by atoms with E-state index in [1.165, 1.54) is 12.4 Å². The molecule has 9 heteroatoms. The van der Waals surface area contributed by atoms with Crippen LogP contribution in [0.25, 0.3) is 10.2 Å². The van der Waals surface area contributed by atoms with E-state index in [1.807, 2.05) is 13.8 Å². The summed E-state index contributed by atoms with van der Waals surface area (Å²) in [5.41, 5.74) is 0. The molecule has 0 aliphatic carbocycles. The summed E-state index contributed by atoms with van der Waals surface area (Å²) < 4.78 is 0. The molecule has 2 aromatic heterocycles. The molecule has 2 aromatic rings. The van der Waals surface area contributed by atoms with Crippen LogP contribution in [0.3, 0.4) is 0 Å². The maximum Gasteiger partial charge on any atom is 0.326 e. The fourth-order valence-electron chi connectivity index (χ4n) is 1.91. The molecular weight excluding hydrogens is 296 g/mol. The van der Waals surface area contributed by atoms with Gasteiger partial charge < -0.3 is 10.4 Å². The lowest BCUT2D eigenvalue weighted by Gasteiger charge is -2.17. The highest BCUT2D eigenvalue weighted by Gasteiger charge is 2.22. The number of aliphatic carboxylic acids is 1. The zero-order chi connectivity index (χ0) is 15.6. The van der Waals surface area contributed by atoms with Gasteiger partial charge in [0.1, 0.15) is 23.0 Å². The zero-order valence-corrected chi connectivity index (χ0v) is 12.3. The third kappa shape index (κ3) is 3.43. The molecule has 0 fully saturated rings. The van der Waals surface area contributed by atoms with Crippen molar-refractivity contribution in [3.8, 4) is 0 Å². The van der Waals surface area contributed by atoms with Crippen molar-refractivity contribution in [2.45, 2.75) is 26.3 Å². The molecule has 8 nitrogen and oxygen atoms in total. The van der Waals surface area contributed by atoms with Gasteiger partial charge in [0.25, 0.3) is 0 Å². The smallest absolute Gasteiger partial charge is 0.326 e. The quantitative estimate of drug-likeness (QED) is 0.621. The van der Waals surface area contributed by atoms with Crippen molar-refractivity contribution < 1.29 is 14.8 Å². The maximum atomic E-state index is 11.3. The van der Waals surface area contributed by atoms with Crippen LogP contribution < -0.4 is 5.32 Å². The Bertz CT molecular complexity index is 685. The minimum atomic E-state index is -0.986. The molecule has 0 aromatic carbocycles. The molecule has 21 heavy (non-hydrogen) atoms. The standard InChI is InChI=1S/C12H14N4O4S/c1-6(2)3-8(12(17)18)15-10-7-4-9(16(19)20)21-11(7)14-5-13-10/h4-6,8H,3H2,1-2H3,(H,17,18)(H,13,14,15). The Morgan fingerprint density at radius 3 is 2.81 bits per heavy atom. The van der Waals surface area contributed by atoms with E-state index in [0.717, 1.165) is 11.3 Å². The predicted octanol–water partition coefficient (Wildman–Crippen LogP) is 2.51. The number of hydrogen-bond donors (Lipinski definition) is 2. The Morgan fingerprint density at radius 1 is 1.52 bits per heavy atom. The lowest BCUT2D eigenvalue weighted by molar-refractivity contribution is -0.380. The van der Waals surface area contributed by atoms with Crippen molar-refractivity contribution in [3.05, 3.63) is 22.5 Å². The van der Waals surface area contributed by atoms with Crippen LogP contribution in [0.4, 0.5) is 10.8 Å².